The zero-order valence-electron chi connectivity index (χ0n) is 14.6. The number of hydrogen-bond donors (Lipinski definition) is 1. The lowest BCUT2D eigenvalue weighted by Gasteiger charge is -2.39. The van der Waals surface area contributed by atoms with Crippen LogP contribution in [0.4, 0.5) is 0 Å². The van der Waals surface area contributed by atoms with Gasteiger partial charge in [0, 0.05) is 37.8 Å². The fourth-order valence-electron chi connectivity index (χ4n) is 4.05. The van der Waals surface area contributed by atoms with E-state index in [4.69, 9.17) is 9.47 Å². The highest BCUT2D eigenvalue weighted by molar-refractivity contribution is 5.85. The maximum atomic E-state index is 5.68. The van der Waals surface area contributed by atoms with Gasteiger partial charge >= 0.3 is 0 Å². The summed E-state index contributed by atoms with van der Waals surface area (Å²) in [5.74, 6) is 2.66. The molecule has 3 rings (SSSR count). The minimum absolute atomic E-state index is 0. The highest BCUT2D eigenvalue weighted by Gasteiger charge is 2.33. The molecular formula is C18H30Cl2N2O2. The molecule has 1 aromatic rings. The lowest BCUT2D eigenvalue weighted by molar-refractivity contribution is 0.123. The molecule has 0 amide bonds. The van der Waals surface area contributed by atoms with Gasteiger partial charge in [0.25, 0.3) is 0 Å². The van der Waals surface area contributed by atoms with Crippen LogP contribution in [0.5, 0.6) is 11.5 Å². The maximum Gasteiger partial charge on any atom is 0.123 e. The summed E-state index contributed by atoms with van der Waals surface area (Å²) in [6.45, 7) is 4.38. The first-order valence-electron chi connectivity index (χ1n) is 8.50. The lowest BCUT2D eigenvalue weighted by atomic mass is 9.89. The average Bonchev–Trinajstić information content (AvgIpc) is 3.10. The highest BCUT2D eigenvalue weighted by Crippen LogP contribution is 2.43. The fraction of sp³-hybridized carbons (Fsp3) is 0.667. The summed E-state index contributed by atoms with van der Waals surface area (Å²) in [6, 6.07) is 6.68. The van der Waals surface area contributed by atoms with Crippen LogP contribution in [0.25, 0.3) is 0 Å². The van der Waals surface area contributed by atoms with Crippen molar-refractivity contribution >= 4 is 24.8 Å². The van der Waals surface area contributed by atoms with Gasteiger partial charge in [-0.2, -0.15) is 0 Å². The Morgan fingerprint density at radius 3 is 2.29 bits per heavy atom. The Labute approximate surface area is 158 Å². The molecule has 0 unspecified atom stereocenters. The monoisotopic (exact) mass is 376 g/mol. The molecule has 1 saturated carbocycles. The van der Waals surface area contributed by atoms with Crippen molar-refractivity contribution in [3.8, 4) is 11.5 Å². The van der Waals surface area contributed by atoms with Crippen LogP contribution in [0.1, 0.15) is 37.3 Å². The number of ether oxygens (including phenoxy) is 2. The molecule has 2 aliphatic rings. The summed E-state index contributed by atoms with van der Waals surface area (Å²) >= 11 is 0. The van der Waals surface area contributed by atoms with E-state index in [9.17, 15) is 0 Å². The molecule has 1 N–H and O–H groups in total. The second-order valence-corrected chi connectivity index (χ2v) is 6.38. The third-order valence-electron chi connectivity index (χ3n) is 5.15. The van der Waals surface area contributed by atoms with Gasteiger partial charge in [0.1, 0.15) is 11.5 Å². The van der Waals surface area contributed by atoms with E-state index in [0.29, 0.717) is 6.04 Å². The first-order valence-corrected chi connectivity index (χ1v) is 8.50. The van der Waals surface area contributed by atoms with E-state index in [1.54, 1.807) is 14.2 Å². The molecule has 4 nitrogen and oxygen atoms in total. The number of nitrogens with one attached hydrogen (secondary N) is 1. The Balaban J connectivity index is 0.00000144. The van der Waals surface area contributed by atoms with Crippen LogP contribution >= 0.6 is 24.8 Å². The minimum Gasteiger partial charge on any atom is -0.497 e. The first kappa shape index (κ1) is 21.4. The summed E-state index contributed by atoms with van der Waals surface area (Å²) in [6.07, 6.45) is 5.38. The van der Waals surface area contributed by atoms with Gasteiger partial charge < -0.3 is 14.8 Å². The molecule has 0 aromatic heterocycles. The summed E-state index contributed by atoms with van der Waals surface area (Å²) in [5, 5.41) is 3.47. The fourth-order valence-corrected chi connectivity index (χ4v) is 4.05. The molecule has 1 saturated heterocycles. The molecule has 1 heterocycles. The molecular weight excluding hydrogens is 347 g/mol. The molecule has 0 spiro atoms. The Kier molecular flexibility index (Phi) is 9.21. The second-order valence-electron chi connectivity index (χ2n) is 6.38. The standard InChI is InChI=1S/C18H28N2O2.2ClH/c1-21-15-7-8-17(22-2)16(13-15)18(14-5-3-4-6-14)20-11-9-19-10-12-20;;/h7-8,13-14,18-19H,3-6,9-12H2,1-2H3;2*1H/t18-;;/m1../s1. The van der Waals surface area contributed by atoms with Gasteiger partial charge in [0.15, 0.2) is 0 Å². The van der Waals surface area contributed by atoms with Gasteiger partial charge in [-0.25, -0.2) is 0 Å². The molecule has 1 atom stereocenters. The second kappa shape index (κ2) is 10.3. The number of nitrogens with zero attached hydrogens (tertiary/aromatic N) is 1. The van der Waals surface area contributed by atoms with Crippen molar-refractivity contribution in [2.45, 2.75) is 31.7 Å². The molecule has 6 heteroatoms. The van der Waals surface area contributed by atoms with Crippen molar-refractivity contribution in [2.24, 2.45) is 5.92 Å². The van der Waals surface area contributed by atoms with Crippen LogP contribution < -0.4 is 14.8 Å². The summed E-state index contributed by atoms with van der Waals surface area (Å²) in [4.78, 5) is 2.64. The predicted molar refractivity (Wildman–Crippen MR) is 103 cm³/mol. The van der Waals surface area contributed by atoms with Gasteiger partial charge in [-0.05, 0) is 37.0 Å². The van der Waals surface area contributed by atoms with Crippen LogP contribution in [0.3, 0.4) is 0 Å². The third-order valence-corrected chi connectivity index (χ3v) is 5.15. The van der Waals surface area contributed by atoms with Crippen molar-refractivity contribution in [1.82, 2.24) is 10.2 Å². The van der Waals surface area contributed by atoms with Gasteiger partial charge in [0.05, 0.1) is 14.2 Å². The van der Waals surface area contributed by atoms with Gasteiger partial charge in [-0.1, -0.05) is 12.8 Å². The number of piperazine rings is 1. The Bertz CT molecular complexity index is 490. The Morgan fingerprint density at radius 1 is 1.04 bits per heavy atom. The van der Waals surface area contributed by atoms with Crippen molar-refractivity contribution in [3.05, 3.63) is 23.8 Å². The van der Waals surface area contributed by atoms with E-state index in [0.717, 1.165) is 43.6 Å². The summed E-state index contributed by atoms with van der Waals surface area (Å²) < 4.78 is 11.1. The maximum absolute atomic E-state index is 5.68. The number of benzene rings is 1. The molecule has 138 valence electrons. The van der Waals surface area contributed by atoms with E-state index in [2.05, 4.69) is 22.3 Å². The molecule has 0 bridgehead atoms. The van der Waals surface area contributed by atoms with Crippen molar-refractivity contribution in [2.75, 3.05) is 40.4 Å². The normalized spacial score (nSPS) is 19.9. The van der Waals surface area contributed by atoms with Gasteiger partial charge in [0.2, 0.25) is 0 Å². The number of rotatable bonds is 5. The topological polar surface area (TPSA) is 33.7 Å². The Hall–Kier alpha value is -0.680. The average molecular weight is 377 g/mol. The lowest BCUT2D eigenvalue weighted by Crippen LogP contribution is -2.46. The molecule has 24 heavy (non-hydrogen) atoms. The van der Waals surface area contributed by atoms with Gasteiger partial charge in [-0.15, -0.1) is 24.8 Å². The SMILES string of the molecule is COc1ccc(OC)c([C@@H](C2CCCC2)N2CCNCC2)c1.Cl.Cl. The number of hydrogen-bond acceptors (Lipinski definition) is 4. The zero-order chi connectivity index (χ0) is 15.4. The van der Waals surface area contributed by atoms with Crippen LogP contribution in [0.15, 0.2) is 18.2 Å². The van der Waals surface area contributed by atoms with Crippen LogP contribution in [0, 0.1) is 5.92 Å². The van der Waals surface area contributed by atoms with Crippen LogP contribution in [0.2, 0.25) is 0 Å². The molecule has 1 aliphatic carbocycles. The quantitative estimate of drug-likeness (QED) is 0.849. The molecule has 1 aliphatic heterocycles. The largest absolute Gasteiger partial charge is 0.497 e. The van der Waals surface area contributed by atoms with Crippen molar-refractivity contribution < 1.29 is 9.47 Å². The van der Waals surface area contributed by atoms with E-state index < -0.39 is 0 Å². The smallest absolute Gasteiger partial charge is 0.123 e. The molecule has 2 fully saturated rings. The van der Waals surface area contributed by atoms with Crippen molar-refractivity contribution in [1.29, 1.82) is 0 Å². The van der Waals surface area contributed by atoms with Crippen molar-refractivity contribution in [3.63, 3.8) is 0 Å². The van der Waals surface area contributed by atoms with E-state index in [1.807, 2.05) is 6.07 Å². The van der Waals surface area contributed by atoms with Crippen LogP contribution in [-0.2, 0) is 0 Å². The van der Waals surface area contributed by atoms with Crippen LogP contribution in [-0.4, -0.2) is 45.3 Å². The number of methoxy groups -OCH3 is 2. The first-order chi connectivity index (χ1) is 10.8. The Morgan fingerprint density at radius 2 is 1.71 bits per heavy atom. The minimum atomic E-state index is 0. The highest BCUT2D eigenvalue weighted by atomic mass is 35.5. The predicted octanol–water partition coefficient (Wildman–Crippen LogP) is 3.68. The van der Waals surface area contributed by atoms with E-state index in [1.165, 1.54) is 31.2 Å². The molecule has 0 radical (unpaired) electrons. The van der Waals surface area contributed by atoms with E-state index >= 15 is 0 Å². The van der Waals surface area contributed by atoms with E-state index in [-0.39, 0.29) is 24.8 Å². The zero-order valence-corrected chi connectivity index (χ0v) is 16.3. The summed E-state index contributed by atoms with van der Waals surface area (Å²) in [5.41, 5.74) is 1.30. The third kappa shape index (κ3) is 4.69. The van der Waals surface area contributed by atoms with Gasteiger partial charge in [-0.3, -0.25) is 4.90 Å². The number of halogens is 2. The molecule has 1 aromatic carbocycles. The summed E-state index contributed by atoms with van der Waals surface area (Å²) in [7, 11) is 3.51.